The van der Waals surface area contributed by atoms with E-state index in [0.717, 1.165) is 36.5 Å². The van der Waals surface area contributed by atoms with Crippen LogP contribution in [0.5, 0.6) is 5.75 Å². The van der Waals surface area contributed by atoms with E-state index in [1.807, 2.05) is 25.1 Å². The number of thiazole rings is 1. The summed E-state index contributed by atoms with van der Waals surface area (Å²) in [6.45, 7) is 7.03. The van der Waals surface area contributed by atoms with Crippen LogP contribution in [0.25, 0.3) is 11.3 Å². The third kappa shape index (κ3) is 5.11. The highest BCUT2D eigenvalue weighted by Crippen LogP contribution is 2.30. The first-order valence-electron chi connectivity index (χ1n) is 8.22. The topological polar surface area (TPSA) is 34.2 Å². The molecule has 1 heterocycles. The number of aromatic nitrogens is 1. The van der Waals surface area contributed by atoms with Crippen LogP contribution in [0.15, 0.2) is 29.6 Å². The van der Waals surface area contributed by atoms with E-state index in [0.29, 0.717) is 6.61 Å². The number of benzene rings is 1. The fraction of sp³-hybridized carbons (Fsp3) is 0.500. The average molecular weight is 318 g/mol. The van der Waals surface area contributed by atoms with Gasteiger partial charge in [-0.25, -0.2) is 4.98 Å². The molecule has 2 rings (SSSR count). The predicted octanol–water partition coefficient (Wildman–Crippen LogP) is 4.53. The van der Waals surface area contributed by atoms with Gasteiger partial charge >= 0.3 is 0 Å². The first-order chi connectivity index (χ1) is 10.8. The lowest BCUT2D eigenvalue weighted by atomic mass is 10.1. The molecule has 0 unspecified atom stereocenters. The Morgan fingerprint density at radius 1 is 1.14 bits per heavy atom. The van der Waals surface area contributed by atoms with Crippen molar-refractivity contribution < 1.29 is 4.74 Å². The fourth-order valence-corrected chi connectivity index (χ4v) is 3.13. The van der Waals surface area contributed by atoms with Crippen LogP contribution in [0.3, 0.4) is 0 Å². The zero-order valence-electron chi connectivity index (χ0n) is 13.6. The molecule has 120 valence electrons. The predicted molar refractivity (Wildman–Crippen MR) is 94.8 cm³/mol. The molecule has 0 saturated heterocycles. The van der Waals surface area contributed by atoms with Gasteiger partial charge in [0.25, 0.3) is 0 Å². The lowest BCUT2D eigenvalue weighted by Crippen LogP contribution is -2.18. The largest absolute Gasteiger partial charge is 0.493 e. The molecule has 4 heteroatoms. The van der Waals surface area contributed by atoms with Crippen molar-refractivity contribution in [1.29, 1.82) is 0 Å². The second-order valence-corrected chi connectivity index (χ2v) is 6.21. The van der Waals surface area contributed by atoms with Crippen molar-refractivity contribution in [2.45, 2.75) is 39.5 Å². The number of nitrogens with one attached hydrogen (secondary N) is 1. The number of hydrogen-bond donors (Lipinski definition) is 1. The van der Waals surface area contributed by atoms with Crippen LogP contribution in [0, 0.1) is 0 Å². The number of nitrogens with zero attached hydrogens (tertiary/aromatic N) is 1. The number of rotatable bonds is 10. The molecule has 0 atom stereocenters. The van der Waals surface area contributed by atoms with E-state index in [-0.39, 0.29) is 0 Å². The minimum absolute atomic E-state index is 0.676. The van der Waals surface area contributed by atoms with E-state index in [1.165, 1.54) is 24.3 Å². The summed E-state index contributed by atoms with van der Waals surface area (Å²) >= 11 is 1.73. The molecule has 3 nitrogen and oxygen atoms in total. The second-order valence-electron chi connectivity index (χ2n) is 5.26. The van der Waals surface area contributed by atoms with Gasteiger partial charge in [-0.2, -0.15) is 0 Å². The highest BCUT2D eigenvalue weighted by molar-refractivity contribution is 7.09. The van der Waals surface area contributed by atoms with Gasteiger partial charge in [0.1, 0.15) is 5.75 Å². The molecule has 1 N–H and O–H groups in total. The molecule has 0 radical (unpaired) electrons. The van der Waals surface area contributed by atoms with Crippen LogP contribution in [0.4, 0.5) is 0 Å². The van der Waals surface area contributed by atoms with Crippen molar-refractivity contribution in [2.75, 3.05) is 19.7 Å². The summed E-state index contributed by atoms with van der Waals surface area (Å²) in [5, 5.41) is 6.81. The zero-order valence-corrected chi connectivity index (χ0v) is 14.4. The lowest BCUT2D eigenvalue weighted by Gasteiger charge is -2.07. The van der Waals surface area contributed by atoms with Gasteiger partial charge in [-0.3, -0.25) is 0 Å². The van der Waals surface area contributed by atoms with Gasteiger partial charge < -0.3 is 10.1 Å². The molecule has 22 heavy (non-hydrogen) atoms. The van der Waals surface area contributed by atoms with Crippen LogP contribution >= 0.6 is 11.3 Å². The summed E-state index contributed by atoms with van der Waals surface area (Å²) in [5.41, 5.74) is 2.11. The maximum atomic E-state index is 5.69. The Balaban J connectivity index is 1.89. The van der Waals surface area contributed by atoms with Crippen molar-refractivity contribution in [3.63, 3.8) is 0 Å². The third-order valence-corrected chi connectivity index (χ3v) is 4.40. The third-order valence-electron chi connectivity index (χ3n) is 3.49. The smallest absolute Gasteiger partial charge is 0.128 e. The minimum atomic E-state index is 0.676. The maximum Gasteiger partial charge on any atom is 0.128 e. The molecule has 0 aliphatic rings. The van der Waals surface area contributed by atoms with Crippen LogP contribution in [0.1, 0.15) is 38.1 Å². The first-order valence-corrected chi connectivity index (χ1v) is 9.10. The van der Waals surface area contributed by atoms with Crippen molar-refractivity contribution in [2.24, 2.45) is 0 Å². The Labute approximate surface area is 137 Å². The number of para-hydroxylation sites is 1. The van der Waals surface area contributed by atoms with Crippen LogP contribution in [-0.4, -0.2) is 24.7 Å². The summed E-state index contributed by atoms with van der Waals surface area (Å²) in [5.74, 6) is 0.916. The van der Waals surface area contributed by atoms with Gasteiger partial charge in [-0.05, 0) is 32.0 Å². The molecule has 1 aromatic carbocycles. The molecule has 0 amide bonds. The van der Waals surface area contributed by atoms with Gasteiger partial charge in [-0.1, -0.05) is 31.9 Å². The van der Waals surface area contributed by atoms with Gasteiger partial charge in [0.05, 0.1) is 17.3 Å². The molecule has 1 aromatic heterocycles. The summed E-state index contributed by atoms with van der Waals surface area (Å²) < 4.78 is 5.69. The van der Waals surface area contributed by atoms with E-state index in [1.54, 1.807) is 11.3 Å². The molecular formula is C18H26N2OS. The quantitative estimate of drug-likeness (QED) is 0.653. The Hall–Kier alpha value is -1.39. The first kappa shape index (κ1) is 17.0. The number of ether oxygens (including phenoxy) is 1. The molecule has 0 fully saturated rings. The lowest BCUT2D eigenvalue weighted by molar-refractivity contribution is 0.341. The summed E-state index contributed by atoms with van der Waals surface area (Å²) in [4.78, 5) is 4.76. The van der Waals surface area contributed by atoms with E-state index >= 15 is 0 Å². The standard InChI is InChI=1S/C18H26N2OS/c1-3-5-8-12-19-13-11-18-20-16(14-22-18)15-9-6-7-10-17(15)21-4-2/h6-7,9-10,14,19H,3-5,8,11-13H2,1-2H3. The van der Waals surface area contributed by atoms with Gasteiger partial charge in [-0.15, -0.1) is 11.3 Å². The van der Waals surface area contributed by atoms with Crippen molar-refractivity contribution in [1.82, 2.24) is 10.3 Å². The van der Waals surface area contributed by atoms with E-state index in [2.05, 4.69) is 23.7 Å². The second kappa shape index (κ2) is 9.59. The number of hydrogen-bond acceptors (Lipinski definition) is 4. The summed E-state index contributed by atoms with van der Waals surface area (Å²) in [6.07, 6.45) is 4.84. The van der Waals surface area contributed by atoms with Crippen LogP contribution in [-0.2, 0) is 6.42 Å². The molecule has 0 bridgehead atoms. The zero-order chi connectivity index (χ0) is 15.6. The van der Waals surface area contributed by atoms with Gasteiger partial charge in [0.2, 0.25) is 0 Å². The number of unbranched alkanes of at least 4 members (excludes halogenated alkanes) is 2. The van der Waals surface area contributed by atoms with Gasteiger partial charge in [0.15, 0.2) is 0 Å². The Morgan fingerprint density at radius 3 is 2.82 bits per heavy atom. The van der Waals surface area contributed by atoms with Crippen molar-refractivity contribution in [3.8, 4) is 17.0 Å². The normalized spacial score (nSPS) is 10.8. The molecule has 0 aliphatic carbocycles. The molecule has 2 aromatic rings. The SMILES string of the molecule is CCCCCNCCc1nc(-c2ccccc2OCC)cs1. The molecule has 0 aliphatic heterocycles. The van der Waals surface area contributed by atoms with Gasteiger partial charge in [0, 0.05) is 23.9 Å². The van der Waals surface area contributed by atoms with E-state index in [9.17, 15) is 0 Å². The van der Waals surface area contributed by atoms with E-state index < -0.39 is 0 Å². The van der Waals surface area contributed by atoms with Crippen LogP contribution in [0.2, 0.25) is 0 Å². The molecule has 0 saturated carbocycles. The Morgan fingerprint density at radius 2 is 2.00 bits per heavy atom. The molecule has 0 spiro atoms. The van der Waals surface area contributed by atoms with Crippen molar-refractivity contribution >= 4 is 11.3 Å². The van der Waals surface area contributed by atoms with Crippen molar-refractivity contribution in [3.05, 3.63) is 34.7 Å². The monoisotopic (exact) mass is 318 g/mol. The summed E-state index contributed by atoms with van der Waals surface area (Å²) in [7, 11) is 0. The average Bonchev–Trinajstić information content (AvgIpc) is 3.00. The molecular weight excluding hydrogens is 292 g/mol. The fourth-order valence-electron chi connectivity index (χ4n) is 2.33. The van der Waals surface area contributed by atoms with Crippen LogP contribution < -0.4 is 10.1 Å². The highest BCUT2D eigenvalue weighted by Gasteiger charge is 2.09. The maximum absolute atomic E-state index is 5.69. The summed E-state index contributed by atoms with van der Waals surface area (Å²) in [6, 6.07) is 8.12. The minimum Gasteiger partial charge on any atom is -0.493 e. The Kier molecular flexibility index (Phi) is 7.40. The Bertz CT molecular complexity index is 554. The van der Waals surface area contributed by atoms with E-state index in [4.69, 9.17) is 9.72 Å². The highest BCUT2D eigenvalue weighted by atomic mass is 32.1.